The number of alkyl halides is 3. The highest BCUT2D eigenvalue weighted by Gasteiger charge is 2.40. The molecule has 0 saturated carbocycles. The van der Waals surface area contributed by atoms with Crippen LogP contribution in [0.1, 0.15) is 11.6 Å². The molecular weight excluding hydrogens is 295 g/mol. The fraction of sp³-hybridized carbons (Fsp3) is 0.250. The molecule has 6 heteroatoms. The molecule has 0 radical (unpaired) electrons. The number of hydrogen-bond acceptors (Lipinski definition) is 3. The van der Waals surface area contributed by atoms with Gasteiger partial charge in [-0.25, -0.2) is 0 Å². The van der Waals surface area contributed by atoms with Crippen LogP contribution >= 0.6 is 0 Å². The summed E-state index contributed by atoms with van der Waals surface area (Å²) in [5.74, 6) is 1.09. The lowest BCUT2D eigenvalue weighted by atomic mass is 10.1. The van der Waals surface area contributed by atoms with Crippen LogP contribution in [0.25, 0.3) is 0 Å². The molecule has 0 unspecified atom stereocenters. The quantitative estimate of drug-likeness (QED) is 0.886. The molecule has 0 fully saturated rings. The topological polar surface area (TPSA) is 30.5 Å². The smallest absolute Gasteiger partial charge is 0.412 e. The third kappa shape index (κ3) is 3.84. The van der Waals surface area contributed by atoms with E-state index < -0.39 is 12.2 Å². The minimum atomic E-state index is -4.42. The number of hydrogen-bond donors (Lipinski definition) is 1. The molecule has 2 rings (SSSR count). The average molecular weight is 311 g/mol. The first-order valence-corrected chi connectivity index (χ1v) is 6.55. The highest BCUT2D eigenvalue weighted by Crippen LogP contribution is 2.36. The van der Waals surface area contributed by atoms with Crippen LogP contribution in [0.4, 0.5) is 18.9 Å². The average Bonchev–Trinajstić information content (AvgIpc) is 2.52. The van der Waals surface area contributed by atoms with Crippen molar-refractivity contribution in [2.45, 2.75) is 12.2 Å². The van der Waals surface area contributed by atoms with E-state index >= 15 is 0 Å². The van der Waals surface area contributed by atoms with Gasteiger partial charge in [0.2, 0.25) is 0 Å². The van der Waals surface area contributed by atoms with Gasteiger partial charge >= 0.3 is 6.18 Å². The summed E-state index contributed by atoms with van der Waals surface area (Å²) in [5.41, 5.74) is 0.475. The molecule has 1 atom stereocenters. The molecule has 118 valence electrons. The van der Waals surface area contributed by atoms with Gasteiger partial charge in [-0.05, 0) is 42.0 Å². The van der Waals surface area contributed by atoms with Gasteiger partial charge in [-0.3, -0.25) is 0 Å². The SMILES string of the molecule is COc1ccc(N[C@H](c2ccc(OC)cc2)C(F)(F)F)cc1. The van der Waals surface area contributed by atoms with Gasteiger partial charge in [0.15, 0.2) is 0 Å². The van der Waals surface area contributed by atoms with Crippen molar-refractivity contribution in [3.05, 3.63) is 54.1 Å². The molecule has 22 heavy (non-hydrogen) atoms. The molecule has 2 aromatic rings. The Labute approximate surface area is 126 Å². The van der Waals surface area contributed by atoms with Crippen LogP contribution in [-0.2, 0) is 0 Å². The Balaban J connectivity index is 2.25. The van der Waals surface area contributed by atoms with E-state index in [0.29, 0.717) is 17.2 Å². The van der Waals surface area contributed by atoms with Crippen LogP contribution in [-0.4, -0.2) is 20.4 Å². The van der Waals surface area contributed by atoms with E-state index in [0.717, 1.165) is 0 Å². The molecule has 3 nitrogen and oxygen atoms in total. The number of benzene rings is 2. The Hall–Kier alpha value is -2.37. The molecular formula is C16H16F3NO2. The fourth-order valence-electron chi connectivity index (χ4n) is 2.00. The van der Waals surface area contributed by atoms with E-state index in [1.165, 1.54) is 38.5 Å². The van der Waals surface area contributed by atoms with Gasteiger partial charge in [0.1, 0.15) is 17.5 Å². The van der Waals surface area contributed by atoms with Crippen molar-refractivity contribution in [1.82, 2.24) is 0 Å². The fourth-order valence-corrected chi connectivity index (χ4v) is 2.00. The normalized spacial score (nSPS) is 12.6. The van der Waals surface area contributed by atoms with Crippen molar-refractivity contribution in [3.8, 4) is 11.5 Å². The lowest BCUT2D eigenvalue weighted by Gasteiger charge is -2.23. The predicted molar refractivity (Wildman–Crippen MR) is 78.4 cm³/mol. The summed E-state index contributed by atoms with van der Waals surface area (Å²) in [6, 6.07) is 10.3. The second-order valence-corrected chi connectivity index (χ2v) is 4.62. The first-order valence-electron chi connectivity index (χ1n) is 6.55. The second-order valence-electron chi connectivity index (χ2n) is 4.62. The lowest BCUT2D eigenvalue weighted by molar-refractivity contribution is -0.144. The van der Waals surface area contributed by atoms with Crippen molar-refractivity contribution in [3.63, 3.8) is 0 Å². The number of rotatable bonds is 5. The van der Waals surface area contributed by atoms with Crippen molar-refractivity contribution in [2.24, 2.45) is 0 Å². The Bertz CT molecular complexity index is 594. The lowest BCUT2D eigenvalue weighted by Crippen LogP contribution is -2.27. The first kappa shape index (κ1) is 16.0. The van der Waals surface area contributed by atoms with Crippen LogP contribution in [0, 0.1) is 0 Å². The summed E-state index contributed by atoms with van der Waals surface area (Å²) >= 11 is 0. The Morgan fingerprint density at radius 1 is 0.818 bits per heavy atom. The van der Waals surface area contributed by atoms with Gasteiger partial charge in [0.05, 0.1) is 14.2 Å². The number of methoxy groups -OCH3 is 2. The van der Waals surface area contributed by atoms with Gasteiger partial charge in [-0.1, -0.05) is 12.1 Å². The molecule has 0 saturated heterocycles. The zero-order valence-corrected chi connectivity index (χ0v) is 12.1. The molecule has 2 aromatic carbocycles. The van der Waals surface area contributed by atoms with E-state index in [9.17, 15) is 13.2 Å². The van der Waals surface area contributed by atoms with Crippen LogP contribution in [0.2, 0.25) is 0 Å². The molecule has 0 aliphatic carbocycles. The Morgan fingerprint density at radius 3 is 1.68 bits per heavy atom. The summed E-state index contributed by atoms with van der Waals surface area (Å²) in [7, 11) is 2.96. The third-order valence-corrected chi connectivity index (χ3v) is 3.18. The van der Waals surface area contributed by atoms with E-state index in [1.807, 2.05) is 0 Å². The largest absolute Gasteiger partial charge is 0.497 e. The predicted octanol–water partition coefficient (Wildman–Crippen LogP) is 4.42. The number of anilines is 1. The number of halogens is 3. The number of nitrogens with one attached hydrogen (secondary N) is 1. The molecule has 0 bridgehead atoms. The number of ether oxygens (including phenoxy) is 2. The maximum atomic E-state index is 13.3. The molecule has 0 aliphatic rings. The molecule has 0 aliphatic heterocycles. The standard InChI is InChI=1S/C16H16F3NO2/c1-21-13-7-3-11(4-8-13)15(16(17,18)19)20-12-5-9-14(22-2)10-6-12/h3-10,15,20H,1-2H3/t15-/m1/s1. The van der Waals surface area contributed by atoms with Gasteiger partial charge < -0.3 is 14.8 Å². The van der Waals surface area contributed by atoms with E-state index in [4.69, 9.17) is 9.47 Å². The van der Waals surface area contributed by atoms with Gasteiger partial charge in [-0.15, -0.1) is 0 Å². The van der Waals surface area contributed by atoms with E-state index in [1.54, 1.807) is 24.3 Å². The highest BCUT2D eigenvalue weighted by atomic mass is 19.4. The van der Waals surface area contributed by atoms with Crippen LogP contribution in [0.5, 0.6) is 11.5 Å². The summed E-state index contributed by atoms with van der Waals surface area (Å²) in [4.78, 5) is 0. The zero-order valence-electron chi connectivity index (χ0n) is 12.1. The van der Waals surface area contributed by atoms with E-state index in [-0.39, 0.29) is 5.56 Å². The van der Waals surface area contributed by atoms with Crippen LogP contribution in [0.3, 0.4) is 0 Å². The Morgan fingerprint density at radius 2 is 1.27 bits per heavy atom. The van der Waals surface area contributed by atoms with Crippen molar-refractivity contribution >= 4 is 5.69 Å². The van der Waals surface area contributed by atoms with Gasteiger partial charge in [-0.2, -0.15) is 13.2 Å². The van der Waals surface area contributed by atoms with Crippen molar-refractivity contribution in [2.75, 3.05) is 19.5 Å². The maximum Gasteiger partial charge on any atom is 0.412 e. The van der Waals surface area contributed by atoms with Crippen LogP contribution < -0.4 is 14.8 Å². The first-order chi connectivity index (χ1) is 10.4. The van der Waals surface area contributed by atoms with E-state index in [2.05, 4.69) is 5.32 Å². The second kappa shape index (κ2) is 6.60. The molecule has 1 N–H and O–H groups in total. The maximum absolute atomic E-state index is 13.3. The van der Waals surface area contributed by atoms with Crippen molar-refractivity contribution < 1.29 is 22.6 Å². The minimum absolute atomic E-state index is 0.115. The summed E-state index contributed by atoms with van der Waals surface area (Å²) in [6.07, 6.45) is -4.42. The molecule has 0 heterocycles. The summed E-state index contributed by atoms with van der Waals surface area (Å²) in [6.45, 7) is 0. The third-order valence-electron chi connectivity index (χ3n) is 3.18. The summed E-state index contributed by atoms with van der Waals surface area (Å²) in [5, 5.41) is 2.50. The molecule has 0 amide bonds. The van der Waals surface area contributed by atoms with Crippen molar-refractivity contribution in [1.29, 1.82) is 0 Å². The van der Waals surface area contributed by atoms with Crippen LogP contribution in [0.15, 0.2) is 48.5 Å². The monoisotopic (exact) mass is 311 g/mol. The highest BCUT2D eigenvalue weighted by molar-refractivity contribution is 5.49. The minimum Gasteiger partial charge on any atom is -0.497 e. The van der Waals surface area contributed by atoms with Gasteiger partial charge in [0.25, 0.3) is 0 Å². The summed E-state index contributed by atoms with van der Waals surface area (Å²) < 4.78 is 49.9. The molecule has 0 spiro atoms. The zero-order chi connectivity index (χ0) is 16.2. The van der Waals surface area contributed by atoms with Gasteiger partial charge in [0, 0.05) is 5.69 Å². The molecule has 0 aromatic heterocycles. The Kier molecular flexibility index (Phi) is 4.80.